The van der Waals surface area contributed by atoms with Gasteiger partial charge in [-0.05, 0) is 53.9 Å². The van der Waals surface area contributed by atoms with Gasteiger partial charge in [-0.2, -0.15) is 0 Å². The van der Waals surface area contributed by atoms with Crippen LogP contribution in [0.3, 0.4) is 0 Å². The van der Waals surface area contributed by atoms with Crippen LogP contribution in [0.1, 0.15) is 27.7 Å². The van der Waals surface area contributed by atoms with Gasteiger partial charge in [-0.3, -0.25) is 14.6 Å². The molecule has 208 valence electrons. The van der Waals surface area contributed by atoms with Gasteiger partial charge in [0.2, 0.25) is 5.91 Å². The molecule has 0 radical (unpaired) electrons. The normalized spacial score (nSPS) is 11.9. The molecule has 2 heterocycles. The van der Waals surface area contributed by atoms with E-state index in [1.807, 2.05) is 0 Å². The van der Waals surface area contributed by atoms with Crippen molar-refractivity contribution in [2.75, 3.05) is 0 Å². The predicted octanol–water partition coefficient (Wildman–Crippen LogP) is 5.51. The molecule has 2 amide bonds. The van der Waals surface area contributed by atoms with Gasteiger partial charge in [0.25, 0.3) is 5.91 Å². The molecule has 2 aromatic heterocycles. The molecule has 0 saturated carbocycles. The number of amides is 2. The minimum Gasteiger partial charge on any atom is -0.366 e. The van der Waals surface area contributed by atoms with E-state index in [-0.39, 0.29) is 34.8 Å². The van der Waals surface area contributed by atoms with Crippen LogP contribution in [-0.4, -0.2) is 26.3 Å². The average molecular weight is 582 g/mol. The van der Waals surface area contributed by atoms with Crippen LogP contribution in [0.4, 0.5) is 17.6 Å². The van der Waals surface area contributed by atoms with Crippen molar-refractivity contribution in [3.63, 3.8) is 0 Å². The predicted molar refractivity (Wildman–Crippen MR) is 144 cm³/mol. The summed E-state index contributed by atoms with van der Waals surface area (Å²) in [5.41, 5.74) is 7.01. The van der Waals surface area contributed by atoms with E-state index in [0.717, 1.165) is 30.3 Å². The number of halogens is 5. The number of rotatable bonds is 8. The third-order valence-corrected chi connectivity index (χ3v) is 6.68. The Kier molecular flexibility index (Phi) is 7.71. The molecule has 3 aromatic carbocycles. The Morgan fingerprint density at radius 3 is 2.44 bits per heavy atom. The molecule has 0 aliphatic carbocycles. The number of nitrogens with zero attached hydrogens (tertiary/aromatic N) is 3. The van der Waals surface area contributed by atoms with Crippen LogP contribution >= 0.6 is 11.6 Å². The number of aromatic nitrogens is 3. The fourth-order valence-corrected chi connectivity index (χ4v) is 4.73. The van der Waals surface area contributed by atoms with Gasteiger partial charge < -0.3 is 15.6 Å². The summed E-state index contributed by atoms with van der Waals surface area (Å²) < 4.78 is 57.6. The first kappa shape index (κ1) is 27.8. The Labute approximate surface area is 235 Å². The maximum Gasteiger partial charge on any atom is 0.251 e. The smallest absolute Gasteiger partial charge is 0.251 e. The van der Waals surface area contributed by atoms with Crippen molar-refractivity contribution in [3.05, 3.63) is 118 Å². The highest BCUT2D eigenvalue weighted by Gasteiger charge is 2.23. The van der Waals surface area contributed by atoms with Gasteiger partial charge in [-0.25, -0.2) is 22.5 Å². The van der Waals surface area contributed by atoms with Gasteiger partial charge in [0.05, 0.1) is 39.7 Å². The molecule has 0 unspecified atom stereocenters. The first-order valence-electron chi connectivity index (χ1n) is 12.2. The number of hydrogen-bond acceptors (Lipinski definition) is 4. The van der Waals surface area contributed by atoms with Gasteiger partial charge >= 0.3 is 0 Å². The van der Waals surface area contributed by atoms with E-state index in [9.17, 15) is 27.2 Å². The van der Waals surface area contributed by atoms with E-state index in [4.69, 9.17) is 17.3 Å². The van der Waals surface area contributed by atoms with Gasteiger partial charge in [0.1, 0.15) is 29.8 Å². The number of primary amides is 1. The summed E-state index contributed by atoms with van der Waals surface area (Å²) in [5.74, 6) is -4.56. The summed E-state index contributed by atoms with van der Waals surface area (Å²) in [4.78, 5) is 33.6. The minimum atomic E-state index is -0.970. The van der Waals surface area contributed by atoms with Crippen molar-refractivity contribution in [2.24, 2.45) is 5.73 Å². The number of benzene rings is 3. The second-order valence-electron chi connectivity index (χ2n) is 9.22. The molecule has 3 N–H and O–H groups in total. The lowest BCUT2D eigenvalue weighted by Crippen LogP contribution is -2.33. The molecule has 7 nitrogen and oxygen atoms in total. The Morgan fingerprint density at radius 1 is 0.951 bits per heavy atom. The number of nitrogens with one attached hydrogen (secondary N) is 1. The monoisotopic (exact) mass is 581 g/mol. The molecule has 0 spiro atoms. The van der Waals surface area contributed by atoms with Crippen molar-refractivity contribution in [1.82, 2.24) is 19.9 Å². The van der Waals surface area contributed by atoms with E-state index >= 15 is 0 Å². The molecule has 41 heavy (non-hydrogen) atoms. The Balaban J connectivity index is 1.53. The fourth-order valence-electron chi connectivity index (χ4n) is 4.58. The largest absolute Gasteiger partial charge is 0.366 e. The zero-order valence-corrected chi connectivity index (χ0v) is 21.8. The lowest BCUT2D eigenvalue weighted by molar-refractivity contribution is -0.122. The molecule has 0 saturated heterocycles. The summed E-state index contributed by atoms with van der Waals surface area (Å²) in [7, 11) is 0. The van der Waals surface area contributed by atoms with Crippen LogP contribution in [0, 0.1) is 23.3 Å². The molecule has 12 heteroatoms. The van der Waals surface area contributed by atoms with Crippen molar-refractivity contribution in [3.8, 4) is 11.1 Å². The van der Waals surface area contributed by atoms with Gasteiger partial charge in [0.15, 0.2) is 0 Å². The van der Waals surface area contributed by atoms with Crippen LogP contribution in [0.25, 0.3) is 22.2 Å². The fraction of sp³-hybridized carbons (Fsp3) is 0.103. The van der Waals surface area contributed by atoms with E-state index in [1.54, 1.807) is 12.1 Å². The number of hydrogen-bond donors (Lipinski definition) is 2. The average Bonchev–Trinajstić information content (AvgIpc) is 3.28. The van der Waals surface area contributed by atoms with Gasteiger partial charge in [0, 0.05) is 23.9 Å². The van der Waals surface area contributed by atoms with Crippen molar-refractivity contribution in [1.29, 1.82) is 0 Å². The first-order chi connectivity index (χ1) is 19.6. The van der Waals surface area contributed by atoms with E-state index < -0.39 is 41.1 Å². The first-order valence-corrected chi connectivity index (χ1v) is 12.6. The van der Waals surface area contributed by atoms with Crippen molar-refractivity contribution in [2.45, 2.75) is 19.0 Å². The maximum absolute atomic E-state index is 14.2. The second-order valence-corrected chi connectivity index (χ2v) is 9.63. The molecule has 1 atom stereocenters. The highest BCUT2D eigenvalue weighted by molar-refractivity contribution is 6.31. The number of nitrogens with two attached hydrogens (primary N) is 1. The lowest BCUT2D eigenvalue weighted by atomic mass is 9.94. The van der Waals surface area contributed by atoms with Gasteiger partial charge in [-0.15, -0.1) is 0 Å². The third-order valence-electron chi connectivity index (χ3n) is 6.39. The van der Waals surface area contributed by atoms with Gasteiger partial charge in [-0.1, -0.05) is 23.7 Å². The minimum absolute atomic E-state index is 0.0734. The number of carbonyl (C=O) groups is 2. The summed E-state index contributed by atoms with van der Waals surface area (Å²) >= 11 is 5.91. The molecular weight excluding hydrogens is 562 g/mol. The SMILES string of the molecule is NC(=O)c1cc(-c2cccnc2[C@H](Cc2cc(F)cc(F)c2)NC(=O)Cn2cnc3cc(F)c(Cl)cc32)ccc1F. The zero-order valence-electron chi connectivity index (χ0n) is 21.0. The highest BCUT2D eigenvalue weighted by atomic mass is 35.5. The Bertz CT molecular complexity index is 1790. The molecule has 0 aliphatic heterocycles. The van der Waals surface area contributed by atoms with Crippen LogP contribution in [-0.2, 0) is 17.8 Å². The molecule has 0 bridgehead atoms. The standard InChI is InChI=1S/C29H20ClF4N5O2/c30-21-11-26-24(12-23(21)34)37-14-39(26)13-27(40)38-25(8-15-6-17(31)10-18(32)7-15)28-19(2-1-5-36-28)16-3-4-22(33)20(9-16)29(35)41/h1-7,9-12,14,25H,8,13H2,(H2,35,41)(H,38,40)/t25-/m0/s1. The zero-order chi connectivity index (χ0) is 29.3. The summed E-state index contributed by atoms with van der Waals surface area (Å²) in [6, 6.07) is 11.6. The number of pyridine rings is 1. The van der Waals surface area contributed by atoms with Crippen molar-refractivity contribution >= 4 is 34.4 Å². The topological polar surface area (TPSA) is 103 Å². The van der Waals surface area contributed by atoms with Crippen LogP contribution in [0.5, 0.6) is 0 Å². The molecule has 0 aliphatic rings. The summed E-state index contributed by atoms with van der Waals surface area (Å²) in [6.07, 6.45) is 2.74. The molecule has 5 rings (SSSR count). The van der Waals surface area contributed by atoms with Crippen molar-refractivity contribution < 1.29 is 27.2 Å². The lowest BCUT2D eigenvalue weighted by Gasteiger charge is -2.22. The van der Waals surface area contributed by atoms with E-state index in [1.165, 1.54) is 35.3 Å². The molecular formula is C29H20ClF4N5O2. The van der Waals surface area contributed by atoms with Crippen LogP contribution in [0.15, 0.2) is 73.2 Å². The maximum atomic E-state index is 14.2. The summed E-state index contributed by atoms with van der Waals surface area (Å²) in [5, 5.41) is 2.70. The van der Waals surface area contributed by atoms with E-state index in [0.29, 0.717) is 22.2 Å². The summed E-state index contributed by atoms with van der Waals surface area (Å²) in [6.45, 7) is -0.253. The quantitative estimate of drug-likeness (QED) is 0.236. The Morgan fingerprint density at radius 2 is 1.71 bits per heavy atom. The highest BCUT2D eigenvalue weighted by Crippen LogP contribution is 2.30. The molecule has 5 aromatic rings. The number of fused-ring (bicyclic) bond motifs is 1. The second kappa shape index (κ2) is 11.4. The Hall–Kier alpha value is -4.77. The van der Waals surface area contributed by atoms with Crippen LogP contribution < -0.4 is 11.1 Å². The number of imidazole rings is 1. The molecule has 0 fully saturated rings. The van der Waals surface area contributed by atoms with Crippen LogP contribution in [0.2, 0.25) is 5.02 Å². The van der Waals surface area contributed by atoms with E-state index in [2.05, 4.69) is 15.3 Å². The number of carbonyl (C=O) groups excluding carboxylic acids is 2. The third kappa shape index (κ3) is 6.04.